The number of hydrogen-bond donors (Lipinski definition) is 0. The summed E-state index contributed by atoms with van der Waals surface area (Å²) in [6, 6.07) is 2.73. The molecule has 0 bridgehead atoms. The van der Waals surface area contributed by atoms with Crippen LogP contribution in [0.3, 0.4) is 0 Å². The largest absolute Gasteiger partial charge is 0.461 e. The van der Waals surface area contributed by atoms with Gasteiger partial charge in [0.2, 0.25) is 5.82 Å². The van der Waals surface area contributed by atoms with Crippen molar-refractivity contribution in [1.29, 1.82) is 0 Å². The Balaban J connectivity index is 3.76. The topological polar surface area (TPSA) is 89.8 Å². The summed E-state index contributed by atoms with van der Waals surface area (Å²) in [5.41, 5.74) is -4.66. The Labute approximate surface area is 157 Å². The number of nitrogens with zero attached hydrogens (tertiary/aromatic N) is 2. The van der Waals surface area contributed by atoms with Crippen molar-refractivity contribution in [1.82, 2.24) is 4.31 Å². The van der Waals surface area contributed by atoms with E-state index in [1.54, 1.807) is 6.92 Å². The van der Waals surface area contributed by atoms with Crippen molar-refractivity contribution in [3.63, 3.8) is 0 Å². The van der Waals surface area contributed by atoms with E-state index in [9.17, 15) is 23.5 Å². The molecule has 0 saturated heterocycles. The number of nitro benzene ring substituents is 1. The minimum atomic E-state index is -4.35. The molecule has 0 amide bonds. The van der Waals surface area contributed by atoms with Crippen molar-refractivity contribution in [2.24, 2.45) is 0 Å². The summed E-state index contributed by atoms with van der Waals surface area (Å²) >= 11 is 0. The number of rotatable bonds is 9. The van der Waals surface area contributed by atoms with Gasteiger partial charge in [-0.1, -0.05) is 19.1 Å². The monoisotopic (exact) mass is 410 g/mol. The molecule has 1 rings (SSSR count). The Bertz CT molecular complexity index is 747. The van der Waals surface area contributed by atoms with Gasteiger partial charge in [-0.05, 0) is 20.3 Å². The maximum absolute atomic E-state index is 15.1. The number of hydrogen-bond acceptors (Lipinski definition) is 5. The van der Waals surface area contributed by atoms with Gasteiger partial charge in [0.1, 0.15) is 5.54 Å². The van der Waals surface area contributed by atoms with Crippen molar-refractivity contribution in [3.05, 3.63) is 39.7 Å². The summed E-state index contributed by atoms with van der Waals surface area (Å²) in [7, 11) is -0.979. The lowest BCUT2D eigenvalue weighted by Crippen LogP contribution is -2.59. The van der Waals surface area contributed by atoms with E-state index >= 15 is 8.78 Å². The predicted octanol–water partition coefficient (Wildman–Crippen LogP) is 3.15. The maximum Gasteiger partial charge on any atom is 0.379 e. The SMILES string of the molecule is CCC[S@@](=O)N(C)[C@](C)(c1cccc([N+](=O)[O-])c1F)C(F)(F)C(=O)OCC. The number of alkyl halides is 2. The van der Waals surface area contributed by atoms with Crippen LogP contribution in [0.2, 0.25) is 0 Å². The number of esters is 1. The molecule has 2 atom stereocenters. The molecule has 11 heteroatoms. The van der Waals surface area contributed by atoms with Gasteiger partial charge in [0, 0.05) is 24.4 Å². The van der Waals surface area contributed by atoms with Crippen molar-refractivity contribution in [2.45, 2.75) is 38.7 Å². The molecule has 0 heterocycles. The molecular formula is C16H21F3N2O5S. The molecule has 0 spiro atoms. The average Bonchev–Trinajstić information content (AvgIpc) is 2.60. The molecular weight excluding hydrogens is 389 g/mol. The zero-order chi connectivity index (χ0) is 21.0. The van der Waals surface area contributed by atoms with E-state index in [4.69, 9.17) is 0 Å². The highest BCUT2D eigenvalue weighted by molar-refractivity contribution is 7.82. The van der Waals surface area contributed by atoms with Crippen LogP contribution in [0.25, 0.3) is 0 Å². The van der Waals surface area contributed by atoms with Crippen molar-refractivity contribution >= 4 is 22.6 Å². The molecule has 0 radical (unpaired) electrons. The molecule has 152 valence electrons. The first-order valence-corrected chi connectivity index (χ1v) is 9.35. The van der Waals surface area contributed by atoms with E-state index < -0.39 is 50.4 Å². The zero-order valence-corrected chi connectivity index (χ0v) is 16.1. The third-order valence-electron chi connectivity index (χ3n) is 4.16. The highest BCUT2D eigenvalue weighted by Crippen LogP contribution is 2.45. The van der Waals surface area contributed by atoms with Gasteiger partial charge in [-0.3, -0.25) is 10.1 Å². The molecule has 1 aromatic rings. The third-order valence-corrected chi connectivity index (χ3v) is 5.89. The predicted molar refractivity (Wildman–Crippen MR) is 93.0 cm³/mol. The lowest BCUT2D eigenvalue weighted by molar-refractivity contribution is -0.387. The van der Waals surface area contributed by atoms with Crippen LogP contribution in [0.4, 0.5) is 18.9 Å². The first kappa shape index (κ1) is 23.0. The number of carbonyl (C=O) groups excluding carboxylic acids is 1. The fourth-order valence-corrected chi connectivity index (χ4v) is 3.75. The van der Waals surface area contributed by atoms with Crippen LogP contribution in [0, 0.1) is 15.9 Å². The van der Waals surface area contributed by atoms with Crippen LogP contribution >= 0.6 is 0 Å². The van der Waals surface area contributed by atoms with Gasteiger partial charge < -0.3 is 4.74 Å². The van der Waals surface area contributed by atoms with E-state index in [-0.39, 0.29) is 12.4 Å². The molecule has 0 aliphatic heterocycles. The molecule has 0 N–H and O–H groups in total. The van der Waals surface area contributed by atoms with Gasteiger partial charge >= 0.3 is 17.6 Å². The van der Waals surface area contributed by atoms with E-state index in [2.05, 4.69) is 4.74 Å². The van der Waals surface area contributed by atoms with Crippen molar-refractivity contribution < 1.29 is 31.8 Å². The molecule has 0 fully saturated rings. The van der Waals surface area contributed by atoms with E-state index in [0.29, 0.717) is 10.7 Å². The first-order valence-electron chi connectivity index (χ1n) is 8.07. The Hall–Kier alpha value is -2.01. The summed E-state index contributed by atoms with van der Waals surface area (Å²) in [5, 5.41) is 11.0. The normalized spacial score (nSPS) is 15.3. The molecule has 0 unspecified atom stereocenters. The zero-order valence-electron chi connectivity index (χ0n) is 15.3. The molecule has 27 heavy (non-hydrogen) atoms. The lowest BCUT2D eigenvalue weighted by atomic mass is 9.84. The van der Waals surface area contributed by atoms with Gasteiger partial charge in [-0.15, -0.1) is 0 Å². The molecule has 7 nitrogen and oxygen atoms in total. The standard InChI is InChI=1S/C16H21F3N2O5S/c1-5-10-27(25)20(4)15(3,16(18,19)14(22)26-6-2)11-8-7-9-12(13(11)17)21(23)24/h7-9H,5-6,10H2,1-4H3/t15-,27-/m1/s1. The number of halogens is 3. The fraction of sp³-hybridized carbons (Fsp3) is 0.562. The van der Waals surface area contributed by atoms with Crippen LogP contribution in [0.1, 0.15) is 32.8 Å². The highest BCUT2D eigenvalue weighted by atomic mass is 32.2. The number of ether oxygens (including phenoxy) is 1. The Morgan fingerprint density at radius 3 is 2.44 bits per heavy atom. The number of carbonyl (C=O) groups is 1. The molecule has 0 saturated carbocycles. The van der Waals surface area contributed by atoms with E-state index in [1.165, 1.54) is 6.92 Å². The van der Waals surface area contributed by atoms with Gasteiger partial charge in [-0.25, -0.2) is 13.3 Å². The number of nitro groups is 1. The summed E-state index contributed by atoms with van der Waals surface area (Å²) in [4.78, 5) is 21.9. The molecule has 0 aliphatic rings. The summed E-state index contributed by atoms with van der Waals surface area (Å²) in [6.45, 7) is 3.43. The van der Waals surface area contributed by atoms with Gasteiger partial charge in [0.05, 0.1) is 22.5 Å². The van der Waals surface area contributed by atoms with E-state index in [0.717, 1.165) is 32.2 Å². The summed E-state index contributed by atoms with van der Waals surface area (Å²) in [5.74, 6) is -7.85. The average molecular weight is 410 g/mol. The Morgan fingerprint density at radius 1 is 1.37 bits per heavy atom. The fourth-order valence-electron chi connectivity index (χ4n) is 2.51. The van der Waals surface area contributed by atoms with Gasteiger partial charge in [0.15, 0.2) is 0 Å². The molecule has 1 aromatic carbocycles. The van der Waals surface area contributed by atoms with Crippen molar-refractivity contribution in [2.75, 3.05) is 19.4 Å². The first-order chi connectivity index (χ1) is 12.5. The summed E-state index contributed by atoms with van der Waals surface area (Å²) < 4.78 is 62.5. The van der Waals surface area contributed by atoms with Crippen molar-refractivity contribution in [3.8, 4) is 0 Å². The van der Waals surface area contributed by atoms with Gasteiger partial charge in [0.25, 0.3) is 0 Å². The van der Waals surface area contributed by atoms with E-state index in [1.807, 2.05) is 0 Å². The highest BCUT2D eigenvalue weighted by Gasteiger charge is 2.63. The Kier molecular flexibility index (Phi) is 7.49. The van der Waals surface area contributed by atoms with Gasteiger partial charge in [-0.2, -0.15) is 13.2 Å². The second-order valence-electron chi connectivity index (χ2n) is 5.79. The second kappa shape index (κ2) is 8.79. The molecule has 0 aliphatic carbocycles. The minimum absolute atomic E-state index is 0.0262. The lowest BCUT2D eigenvalue weighted by Gasteiger charge is -2.42. The quantitative estimate of drug-likeness (QED) is 0.354. The number of benzene rings is 1. The van der Waals surface area contributed by atoms with Crippen LogP contribution in [-0.2, 0) is 26.1 Å². The minimum Gasteiger partial charge on any atom is -0.461 e. The van der Waals surface area contributed by atoms with Crippen LogP contribution in [-0.4, -0.2) is 44.7 Å². The maximum atomic E-state index is 15.1. The smallest absolute Gasteiger partial charge is 0.379 e. The summed E-state index contributed by atoms with van der Waals surface area (Å²) in [6.07, 6.45) is 0.370. The van der Waals surface area contributed by atoms with Crippen LogP contribution in [0.15, 0.2) is 18.2 Å². The van der Waals surface area contributed by atoms with Crippen LogP contribution < -0.4 is 0 Å². The third kappa shape index (κ3) is 4.13. The Morgan fingerprint density at radius 2 is 1.96 bits per heavy atom. The van der Waals surface area contributed by atoms with Crippen LogP contribution in [0.5, 0.6) is 0 Å². The molecule has 0 aromatic heterocycles. The second-order valence-corrected chi connectivity index (χ2v) is 7.38.